The van der Waals surface area contributed by atoms with E-state index < -0.39 is 5.92 Å². The molecule has 0 radical (unpaired) electrons. The van der Waals surface area contributed by atoms with Gasteiger partial charge in [-0.05, 0) is 12.5 Å². The lowest BCUT2D eigenvalue weighted by atomic mass is 9.79. The van der Waals surface area contributed by atoms with Gasteiger partial charge in [0.25, 0.3) is 0 Å². The summed E-state index contributed by atoms with van der Waals surface area (Å²) < 4.78 is 16.2. The number of hydrogen-bond donors (Lipinski definition) is 2. The van der Waals surface area contributed by atoms with E-state index in [1.807, 2.05) is 19.1 Å². The average Bonchev–Trinajstić information content (AvgIpc) is 3.02. The monoisotopic (exact) mass is 326 g/mol. The van der Waals surface area contributed by atoms with E-state index in [9.17, 15) is 5.26 Å². The first-order valence-electron chi connectivity index (χ1n) is 7.59. The fourth-order valence-corrected chi connectivity index (χ4v) is 3.07. The molecule has 1 aliphatic heterocycles. The Morgan fingerprint density at radius 2 is 2.17 bits per heavy atom. The highest BCUT2D eigenvalue weighted by Gasteiger charge is 2.41. The molecule has 1 aromatic heterocycles. The van der Waals surface area contributed by atoms with Crippen molar-refractivity contribution in [3.05, 3.63) is 35.0 Å². The molecular formula is C17H18N4O3. The van der Waals surface area contributed by atoms with Crippen molar-refractivity contribution in [2.45, 2.75) is 19.3 Å². The first-order chi connectivity index (χ1) is 11.6. The number of aromatic nitrogens is 2. The number of methoxy groups -OCH3 is 2. The van der Waals surface area contributed by atoms with E-state index in [2.05, 4.69) is 16.3 Å². The van der Waals surface area contributed by atoms with Crippen molar-refractivity contribution in [1.29, 1.82) is 10.7 Å². The lowest BCUT2D eigenvalue weighted by Gasteiger charge is -2.29. The molecule has 1 aliphatic rings. The molecule has 0 spiro atoms. The number of aromatic amines is 1. The Balaban J connectivity index is 2.23. The lowest BCUT2D eigenvalue weighted by molar-refractivity contribution is 0.383. The van der Waals surface area contributed by atoms with Crippen LogP contribution in [0.25, 0.3) is 0 Å². The van der Waals surface area contributed by atoms with Gasteiger partial charge >= 0.3 is 0 Å². The number of aryl methyl sites for hydroxylation is 1. The molecule has 24 heavy (non-hydrogen) atoms. The summed E-state index contributed by atoms with van der Waals surface area (Å²) >= 11 is 0. The number of fused-ring (bicyclic) bond motifs is 1. The molecule has 2 aromatic rings. The zero-order chi connectivity index (χ0) is 17.3. The van der Waals surface area contributed by atoms with Gasteiger partial charge in [-0.1, -0.05) is 13.0 Å². The highest BCUT2D eigenvalue weighted by Crippen LogP contribution is 2.46. The largest absolute Gasteiger partial charge is 0.497 e. The normalized spacial score (nSPS) is 19.2. The van der Waals surface area contributed by atoms with Gasteiger partial charge in [0.1, 0.15) is 17.4 Å². The number of rotatable bonds is 4. The number of hydrogen-bond acceptors (Lipinski definition) is 6. The fourth-order valence-electron chi connectivity index (χ4n) is 3.07. The molecular weight excluding hydrogens is 308 g/mol. The van der Waals surface area contributed by atoms with Crippen LogP contribution < -0.4 is 14.2 Å². The molecule has 0 amide bonds. The highest BCUT2D eigenvalue weighted by atomic mass is 16.5. The summed E-state index contributed by atoms with van der Waals surface area (Å²) in [4.78, 5) is 0. The van der Waals surface area contributed by atoms with E-state index >= 15 is 0 Å². The van der Waals surface area contributed by atoms with Crippen LogP contribution in [0.1, 0.15) is 29.7 Å². The SMILES string of the molecule is CCc1[nH]nc2c1C(c1ccc(OC)cc1OC)C(C#N)C(=N)O2. The molecule has 1 aromatic carbocycles. The van der Waals surface area contributed by atoms with Crippen molar-refractivity contribution in [2.24, 2.45) is 5.92 Å². The van der Waals surface area contributed by atoms with Gasteiger partial charge in [0.15, 0.2) is 0 Å². The van der Waals surface area contributed by atoms with Gasteiger partial charge in [0.05, 0.1) is 20.3 Å². The fraction of sp³-hybridized carbons (Fsp3) is 0.353. The summed E-state index contributed by atoms with van der Waals surface area (Å²) in [6, 6.07) is 7.64. The summed E-state index contributed by atoms with van der Waals surface area (Å²) in [5.74, 6) is 0.370. The minimum atomic E-state index is -0.748. The van der Waals surface area contributed by atoms with Crippen molar-refractivity contribution < 1.29 is 14.2 Å². The molecule has 0 fully saturated rings. The Kier molecular flexibility index (Phi) is 4.13. The van der Waals surface area contributed by atoms with E-state index in [0.717, 1.165) is 16.8 Å². The molecule has 0 bridgehead atoms. The van der Waals surface area contributed by atoms with Crippen molar-refractivity contribution >= 4 is 5.90 Å². The Bertz CT molecular complexity index is 822. The van der Waals surface area contributed by atoms with Gasteiger partial charge in [-0.15, -0.1) is 5.10 Å². The number of nitrogens with zero attached hydrogens (tertiary/aromatic N) is 2. The van der Waals surface area contributed by atoms with Crippen LogP contribution in [0.2, 0.25) is 0 Å². The summed E-state index contributed by atoms with van der Waals surface area (Å²) in [5, 5.41) is 24.8. The van der Waals surface area contributed by atoms with Gasteiger partial charge in [0, 0.05) is 28.8 Å². The van der Waals surface area contributed by atoms with Gasteiger partial charge in [-0.2, -0.15) is 5.26 Å². The molecule has 2 heterocycles. The summed E-state index contributed by atoms with van der Waals surface area (Å²) in [7, 11) is 3.15. The van der Waals surface area contributed by atoms with Crippen LogP contribution in [-0.4, -0.2) is 30.3 Å². The Hall–Kier alpha value is -3.01. The standard InChI is InChI=1S/C17H18N4O3/c1-4-12-15-14(10-6-5-9(22-2)7-13(10)23-3)11(8-18)16(19)24-17(15)21-20-12/h5-7,11,14,19H,4H2,1-3H3,(H,20,21). The molecule has 3 rings (SSSR count). The Morgan fingerprint density at radius 3 is 2.79 bits per heavy atom. The van der Waals surface area contributed by atoms with E-state index in [4.69, 9.17) is 19.6 Å². The second kappa shape index (κ2) is 6.24. The molecule has 7 nitrogen and oxygen atoms in total. The van der Waals surface area contributed by atoms with E-state index in [1.165, 1.54) is 0 Å². The van der Waals surface area contributed by atoms with Gasteiger partial charge in [-0.25, -0.2) is 0 Å². The Labute approximate surface area is 139 Å². The quantitative estimate of drug-likeness (QED) is 0.899. The Morgan fingerprint density at radius 1 is 1.38 bits per heavy atom. The second-order valence-corrected chi connectivity index (χ2v) is 5.43. The van der Waals surface area contributed by atoms with Crippen molar-refractivity contribution in [1.82, 2.24) is 10.2 Å². The molecule has 2 atom stereocenters. The predicted octanol–water partition coefficient (Wildman–Crippen LogP) is 2.63. The maximum absolute atomic E-state index is 9.62. The minimum absolute atomic E-state index is 0.109. The van der Waals surface area contributed by atoms with E-state index in [1.54, 1.807) is 20.3 Å². The zero-order valence-corrected chi connectivity index (χ0v) is 13.7. The summed E-state index contributed by atoms with van der Waals surface area (Å²) in [5.41, 5.74) is 2.50. The van der Waals surface area contributed by atoms with Crippen molar-refractivity contribution in [2.75, 3.05) is 14.2 Å². The molecule has 7 heteroatoms. The second-order valence-electron chi connectivity index (χ2n) is 5.43. The van der Waals surface area contributed by atoms with E-state index in [0.29, 0.717) is 23.8 Å². The number of benzene rings is 1. The predicted molar refractivity (Wildman–Crippen MR) is 86.8 cm³/mol. The van der Waals surface area contributed by atoms with Gasteiger partial charge in [-0.3, -0.25) is 10.5 Å². The molecule has 0 saturated carbocycles. The molecule has 0 saturated heterocycles. The molecule has 0 aliphatic carbocycles. The third-order valence-electron chi connectivity index (χ3n) is 4.25. The van der Waals surface area contributed by atoms with Crippen LogP contribution in [0.5, 0.6) is 17.4 Å². The average molecular weight is 326 g/mol. The minimum Gasteiger partial charge on any atom is -0.497 e. The molecule has 124 valence electrons. The number of nitriles is 1. The molecule has 2 unspecified atom stereocenters. The highest BCUT2D eigenvalue weighted by molar-refractivity contribution is 5.85. The van der Waals surface area contributed by atoms with Gasteiger partial charge in [0.2, 0.25) is 11.8 Å². The van der Waals surface area contributed by atoms with Crippen LogP contribution in [0.15, 0.2) is 18.2 Å². The zero-order valence-electron chi connectivity index (χ0n) is 13.7. The first kappa shape index (κ1) is 15.9. The van der Waals surface area contributed by atoms with Crippen LogP contribution in [0.4, 0.5) is 0 Å². The number of nitrogens with one attached hydrogen (secondary N) is 2. The van der Waals surface area contributed by atoms with Crippen LogP contribution in [0, 0.1) is 22.7 Å². The maximum atomic E-state index is 9.62. The van der Waals surface area contributed by atoms with Crippen LogP contribution >= 0.6 is 0 Å². The smallest absolute Gasteiger partial charge is 0.243 e. The summed E-state index contributed by atoms with van der Waals surface area (Å²) in [6.07, 6.45) is 0.714. The molecule has 2 N–H and O–H groups in total. The van der Waals surface area contributed by atoms with Crippen molar-refractivity contribution in [3.63, 3.8) is 0 Å². The topological polar surface area (TPSA) is 104 Å². The van der Waals surface area contributed by atoms with Crippen molar-refractivity contribution in [3.8, 4) is 23.4 Å². The van der Waals surface area contributed by atoms with Crippen LogP contribution in [0.3, 0.4) is 0 Å². The number of ether oxygens (including phenoxy) is 3. The third kappa shape index (κ3) is 2.36. The third-order valence-corrected chi connectivity index (χ3v) is 4.25. The van der Waals surface area contributed by atoms with E-state index in [-0.39, 0.29) is 11.8 Å². The maximum Gasteiger partial charge on any atom is 0.243 e. The lowest BCUT2D eigenvalue weighted by Crippen LogP contribution is -2.31. The van der Waals surface area contributed by atoms with Crippen LogP contribution in [-0.2, 0) is 6.42 Å². The number of H-pyrrole nitrogens is 1. The van der Waals surface area contributed by atoms with Gasteiger partial charge < -0.3 is 14.2 Å². The first-order valence-corrected chi connectivity index (χ1v) is 7.59. The summed E-state index contributed by atoms with van der Waals surface area (Å²) in [6.45, 7) is 2.00.